The SMILES string of the molecule is COc1ccc2ncc(Cl)c(NCCc3nc(C)no3)c2c1. The van der Waals surface area contributed by atoms with Crippen LogP contribution in [0.4, 0.5) is 5.69 Å². The number of methoxy groups -OCH3 is 1. The number of rotatable bonds is 5. The molecule has 0 amide bonds. The van der Waals surface area contributed by atoms with Gasteiger partial charge in [0.05, 0.1) is 23.3 Å². The number of hydrogen-bond donors (Lipinski definition) is 1. The summed E-state index contributed by atoms with van der Waals surface area (Å²) in [6.07, 6.45) is 2.25. The highest BCUT2D eigenvalue weighted by Gasteiger charge is 2.09. The second kappa shape index (κ2) is 6.19. The fraction of sp³-hybridized carbons (Fsp3) is 0.267. The van der Waals surface area contributed by atoms with Crippen molar-refractivity contribution < 1.29 is 9.26 Å². The number of anilines is 1. The molecule has 0 aliphatic carbocycles. The highest BCUT2D eigenvalue weighted by molar-refractivity contribution is 6.34. The standard InChI is InChI=1S/C15H15ClN4O2/c1-9-19-14(22-20-9)5-6-17-15-11-7-10(21-2)3-4-13(11)18-8-12(15)16/h3-4,7-8H,5-6H2,1-2H3,(H,17,18). The van der Waals surface area contributed by atoms with E-state index in [0.717, 1.165) is 22.3 Å². The number of nitrogens with one attached hydrogen (secondary N) is 1. The molecule has 0 saturated carbocycles. The fourth-order valence-corrected chi connectivity index (χ4v) is 2.41. The van der Waals surface area contributed by atoms with Crippen LogP contribution in [0.2, 0.25) is 5.02 Å². The average Bonchev–Trinajstić information content (AvgIpc) is 2.94. The van der Waals surface area contributed by atoms with E-state index in [-0.39, 0.29) is 0 Å². The van der Waals surface area contributed by atoms with Gasteiger partial charge in [-0.05, 0) is 25.1 Å². The summed E-state index contributed by atoms with van der Waals surface area (Å²) in [5.41, 5.74) is 1.67. The molecular weight excluding hydrogens is 304 g/mol. The molecule has 3 rings (SSSR count). The van der Waals surface area contributed by atoms with Crippen LogP contribution in [0.3, 0.4) is 0 Å². The van der Waals surface area contributed by atoms with Crippen LogP contribution in [0.1, 0.15) is 11.7 Å². The summed E-state index contributed by atoms with van der Waals surface area (Å²) >= 11 is 6.27. The van der Waals surface area contributed by atoms with Crippen molar-refractivity contribution in [3.63, 3.8) is 0 Å². The van der Waals surface area contributed by atoms with Crippen LogP contribution in [0.25, 0.3) is 10.9 Å². The maximum Gasteiger partial charge on any atom is 0.228 e. The van der Waals surface area contributed by atoms with Crippen molar-refractivity contribution in [1.82, 2.24) is 15.1 Å². The molecule has 7 heteroatoms. The molecule has 114 valence electrons. The van der Waals surface area contributed by atoms with Crippen molar-refractivity contribution in [3.8, 4) is 5.75 Å². The number of nitrogens with zero attached hydrogens (tertiary/aromatic N) is 3. The summed E-state index contributed by atoms with van der Waals surface area (Å²) in [7, 11) is 1.63. The van der Waals surface area contributed by atoms with Gasteiger partial charge in [-0.3, -0.25) is 4.98 Å². The van der Waals surface area contributed by atoms with E-state index in [0.29, 0.717) is 29.7 Å². The van der Waals surface area contributed by atoms with Crippen LogP contribution in [0.15, 0.2) is 28.9 Å². The van der Waals surface area contributed by atoms with Gasteiger partial charge in [-0.15, -0.1) is 0 Å². The minimum atomic E-state index is 0.558. The van der Waals surface area contributed by atoms with Crippen LogP contribution in [-0.2, 0) is 6.42 Å². The molecule has 0 saturated heterocycles. The summed E-state index contributed by atoms with van der Waals surface area (Å²) in [4.78, 5) is 8.49. The maximum atomic E-state index is 6.27. The number of halogens is 1. The third-order valence-electron chi connectivity index (χ3n) is 3.24. The van der Waals surface area contributed by atoms with Gasteiger partial charge in [0, 0.05) is 24.5 Å². The van der Waals surface area contributed by atoms with E-state index in [1.807, 2.05) is 18.2 Å². The summed E-state index contributed by atoms with van der Waals surface area (Å²) in [5.74, 6) is 1.98. The normalized spacial score (nSPS) is 10.9. The fourth-order valence-electron chi connectivity index (χ4n) is 2.19. The minimum Gasteiger partial charge on any atom is -0.497 e. The maximum absolute atomic E-state index is 6.27. The highest BCUT2D eigenvalue weighted by Crippen LogP contribution is 2.31. The van der Waals surface area contributed by atoms with E-state index in [9.17, 15) is 0 Å². The van der Waals surface area contributed by atoms with Crippen molar-refractivity contribution in [1.29, 1.82) is 0 Å². The summed E-state index contributed by atoms with van der Waals surface area (Å²) in [5, 5.41) is 8.54. The number of hydrogen-bond acceptors (Lipinski definition) is 6. The number of ether oxygens (including phenoxy) is 1. The Morgan fingerprint density at radius 3 is 2.95 bits per heavy atom. The quantitative estimate of drug-likeness (QED) is 0.778. The van der Waals surface area contributed by atoms with E-state index in [2.05, 4.69) is 20.4 Å². The first-order chi connectivity index (χ1) is 10.7. The van der Waals surface area contributed by atoms with Crippen molar-refractivity contribution >= 4 is 28.2 Å². The lowest BCUT2D eigenvalue weighted by atomic mass is 10.1. The van der Waals surface area contributed by atoms with Crippen molar-refractivity contribution in [2.45, 2.75) is 13.3 Å². The largest absolute Gasteiger partial charge is 0.497 e. The van der Waals surface area contributed by atoms with E-state index >= 15 is 0 Å². The van der Waals surface area contributed by atoms with Gasteiger partial charge in [-0.1, -0.05) is 16.8 Å². The number of aromatic nitrogens is 3. The molecule has 0 spiro atoms. The number of benzene rings is 1. The molecule has 0 unspecified atom stereocenters. The molecule has 0 fully saturated rings. The van der Waals surface area contributed by atoms with Crippen molar-refractivity contribution in [2.75, 3.05) is 19.0 Å². The van der Waals surface area contributed by atoms with Gasteiger partial charge in [-0.2, -0.15) is 4.98 Å². The Kier molecular flexibility index (Phi) is 4.11. The van der Waals surface area contributed by atoms with Crippen LogP contribution in [0, 0.1) is 6.92 Å². The van der Waals surface area contributed by atoms with Crippen LogP contribution >= 0.6 is 11.6 Å². The second-order valence-electron chi connectivity index (χ2n) is 4.78. The summed E-state index contributed by atoms with van der Waals surface area (Å²) in [6.45, 7) is 2.41. The molecule has 0 aliphatic rings. The first-order valence-electron chi connectivity index (χ1n) is 6.82. The Bertz CT molecular complexity index is 803. The third-order valence-corrected chi connectivity index (χ3v) is 3.53. The lowest BCUT2D eigenvalue weighted by Gasteiger charge is -2.11. The van der Waals surface area contributed by atoms with Gasteiger partial charge in [-0.25, -0.2) is 0 Å². The Morgan fingerprint density at radius 2 is 2.23 bits per heavy atom. The first kappa shape index (κ1) is 14.6. The first-order valence-corrected chi connectivity index (χ1v) is 7.20. The molecular formula is C15H15ClN4O2. The topological polar surface area (TPSA) is 73.1 Å². The molecule has 3 aromatic rings. The Labute approximate surface area is 132 Å². The molecule has 22 heavy (non-hydrogen) atoms. The Balaban J connectivity index is 1.83. The van der Waals surface area contributed by atoms with Crippen molar-refractivity contribution in [3.05, 3.63) is 41.1 Å². The number of aryl methyl sites for hydroxylation is 1. The van der Waals surface area contributed by atoms with Crippen molar-refractivity contribution in [2.24, 2.45) is 0 Å². The third kappa shape index (κ3) is 2.96. The zero-order chi connectivity index (χ0) is 15.5. The van der Waals surface area contributed by atoms with Gasteiger partial charge < -0.3 is 14.6 Å². The Morgan fingerprint density at radius 1 is 1.36 bits per heavy atom. The average molecular weight is 319 g/mol. The van der Waals surface area contributed by atoms with Gasteiger partial charge in [0.1, 0.15) is 5.75 Å². The molecule has 0 bridgehead atoms. The van der Waals surface area contributed by atoms with E-state index in [4.69, 9.17) is 20.9 Å². The van der Waals surface area contributed by atoms with Gasteiger partial charge in [0.15, 0.2) is 5.82 Å². The zero-order valence-electron chi connectivity index (χ0n) is 12.3. The van der Waals surface area contributed by atoms with Gasteiger partial charge in [0.25, 0.3) is 0 Å². The molecule has 0 atom stereocenters. The lowest BCUT2D eigenvalue weighted by Crippen LogP contribution is -2.06. The molecule has 6 nitrogen and oxygen atoms in total. The smallest absolute Gasteiger partial charge is 0.228 e. The summed E-state index contributed by atoms with van der Waals surface area (Å²) in [6, 6.07) is 5.68. The second-order valence-corrected chi connectivity index (χ2v) is 5.18. The number of fused-ring (bicyclic) bond motifs is 1. The monoisotopic (exact) mass is 318 g/mol. The zero-order valence-corrected chi connectivity index (χ0v) is 13.0. The van der Waals surface area contributed by atoms with E-state index in [1.165, 1.54) is 0 Å². The number of pyridine rings is 1. The highest BCUT2D eigenvalue weighted by atomic mass is 35.5. The lowest BCUT2D eigenvalue weighted by molar-refractivity contribution is 0.377. The summed E-state index contributed by atoms with van der Waals surface area (Å²) < 4.78 is 10.4. The molecule has 0 radical (unpaired) electrons. The van der Waals surface area contributed by atoms with Crippen LogP contribution < -0.4 is 10.1 Å². The molecule has 2 aromatic heterocycles. The molecule has 1 N–H and O–H groups in total. The minimum absolute atomic E-state index is 0.558. The van der Waals surface area contributed by atoms with E-state index < -0.39 is 0 Å². The van der Waals surface area contributed by atoms with Crippen LogP contribution in [0.5, 0.6) is 5.75 Å². The molecule has 2 heterocycles. The van der Waals surface area contributed by atoms with Crippen LogP contribution in [-0.4, -0.2) is 28.8 Å². The van der Waals surface area contributed by atoms with Gasteiger partial charge >= 0.3 is 0 Å². The molecule has 0 aliphatic heterocycles. The molecule has 1 aromatic carbocycles. The predicted octanol–water partition coefficient (Wildman–Crippen LogP) is 3.24. The van der Waals surface area contributed by atoms with Gasteiger partial charge in [0.2, 0.25) is 5.89 Å². The predicted molar refractivity (Wildman–Crippen MR) is 84.5 cm³/mol. The van der Waals surface area contributed by atoms with E-state index in [1.54, 1.807) is 20.2 Å². The Hall–Kier alpha value is -2.34.